The molecule has 19 heteroatoms. The highest BCUT2D eigenvalue weighted by Crippen LogP contribution is 2.42. The summed E-state index contributed by atoms with van der Waals surface area (Å²) in [6, 6.07) is 28.5. The zero-order chi connectivity index (χ0) is 46.9. The third-order valence-electron chi connectivity index (χ3n) is 10.9. The lowest BCUT2D eigenvalue weighted by Crippen LogP contribution is -2.55. The second-order valence-electron chi connectivity index (χ2n) is 15.5. The molecule has 3 heterocycles. The van der Waals surface area contributed by atoms with Crippen LogP contribution < -0.4 is 25.4 Å². The maximum absolute atomic E-state index is 14.6. The Hall–Kier alpha value is -6.81. The number of carbonyl (C=O) groups excluding carboxylic acids is 3. The van der Waals surface area contributed by atoms with Gasteiger partial charge in [0.15, 0.2) is 9.34 Å². The molecule has 0 radical (unpaired) electrons. The summed E-state index contributed by atoms with van der Waals surface area (Å²) < 4.78 is 42.2. The minimum atomic E-state index is -4.53. The summed E-state index contributed by atoms with van der Waals surface area (Å²) in [5, 5.41) is 28.3. The highest BCUT2D eigenvalue weighted by molar-refractivity contribution is 7.91. The van der Waals surface area contributed by atoms with Gasteiger partial charge in [0.1, 0.15) is 30.2 Å². The number of nitrogens with zero attached hydrogens (tertiary/aromatic N) is 3. The van der Waals surface area contributed by atoms with Crippen LogP contribution in [0.2, 0.25) is 10.0 Å². The lowest BCUT2D eigenvalue weighted by molar-refractivity contribution is -0.142. The van der Waals surface area contributed by atoms with Crippen molar-refractivity contribution in [2.24, 2.45) is 0 Å². The summed E-state index contributed by atoms with van der Waals surface area (Å²) in [5.74, 6) is -2.34. The lowest BCUT2D eigenvalue weighted by atomic mass is 9.93. The van der Waals surface area contributed by atoms with E-state index in [9.17, 15) is 32.7 Å². The topological polar surface area (TPSA) is 217 Å². The van der Waals surface area contributed by atoms with Gasteiger partial charge in [-0.2, -0.15) is 9.57 Å². The molecule has 6 aromatic rings. The third kappa shape index (κ3) is 9.88. The van der Waals surface area contributed by atoms with E-state index in [-0.39, 0.29) is 46.8 Å². The van der Waals surface area contributed by atoms with Gasteiger partial charge >= 0.3 is 5.97 Å². The van der Waals surface area contributed by atoms with Crippen LogP contribution in [-0.2, 0) is 55.2 Å². The molecular formula is C47H38Cl2N6O9S2. The predicted molar refractivity (Wildman–Crippen MR) is 247 cm³/mol. The standard InChI is InChI=1S/C47H38Cl2N6O9S2/c1-25-46(65-47(51-25)52-26(2)56)66(61,62)55-23-34-21-41-38(53-44(58)42(64-41)32-12-14-35(15-13-32)63-24-29-7-16-36(48)37(49)17-29)19-33(34)20-40(55)43(57)54-39(45(59)60)18-27-3-8-30(9-4-27)31-10-5-28(22-50)6-11-31/h3-17,19,21,39-40,42H,18,20,23-24H2,1-2H3,(H,53,58)(H,54,57)(H,59,60)(H,51,52,56)/t39?,40-,42-/m0/s1. The van der Waals surface area contributed by atoms with Gasteiger partial charge in [-0.1, -0.05) is 89.1 Å². The number of carboxylic acid groups (broad SMARTS) is 1. The van der Waals surface area contributed by atoms with Gasteiger partial charge in [-0.15, -0.1) is 0 Å². The van der Waals surface area contributed by atoms with Crippen LogP contribution in [-0.4, -0.2) is 58.6 Å². The number of nitriles is 1. The fourth-order valence-corrected chi connectivity index (χ4v) is 11.1. The molecule has 0 fully saturated rings. The van der Waals surface area contributed by atoms with E-state index in [0.717, 1.165) is 32.3 Å². The van der Waals surface area contributed by atoms with Gasteiger partial charge < -0.3 is 30.5 Å². The van der Waals surface area contributed by atoms with Crippen molar-refractivity contribution < 1.29 is 42.2 Å². The van der Waals surface area contributed by atoms with E-state index >= 15 is 0 Å². The highest BCUT2D eigenvalue weighted by atomic mass is 35.5. The fourth-order valence-electron chi connectivity index (χ4n) is 7.60. The van der Waals surface area contributed by atoms with Crippen LogP contribution in [0, 0.1) is 18.3 Å². The molecule has 5 aromatic carbocycles. The Morgan fingerprint density at radius 2 is 1.65 bits per heavy atom. The van der Waals surface area contributed by atoms with Gasteiger partial charge in [0.25, 0.3) is 15.9 Å². The van der Waals surface area contributed by atoms with E-state index in [1.807, 2.05) is 0 Å². The number of benzene rings is 5. The Morgan fingerprint density at radius 3 is 2.30 bits per heavy atom. The molecule has 4 N–H and O–H groups in total. The van der Waals surface area contributed by atoms with Crippen molar-refractivity contribution >= 4 is 79.1 Å². The van der Waals surface area contributed by atoms with Crippen LogP contribution in [0.25, 0.3) is 11.1 Å². The number of carbonyl (C=O) groups is 4. The SMILES string of the molecule is CC(=O)Nc1nc(C)c(S(=O)(=O)N2Cc3cc4c(cc3C[C@H]2C(=O)NC(Cc2ccc(-c3ccc(C#N)cc3)cc2)C(=O)O)NC(=O)[C@H](c2ccc(OCc3ccc(Cl)c(Cl)c3)cc2)O4)s1. The molecule has 2 aliphatic rings. The van der Waals surface area contributed by atoms with Crippen LogP contribution in [0.1, 0.15) is 52.1 Å². The quantitative estimate of drug-likeness (QED) is 0.0874. The minimum Gasteiger partial charge on any atom is -0.489 e. The van der Waals surface area contributed by atoms with Crippen molar-refractivity contribution in [2.45, 2.75) is 62.2 Å². The first kappa shape index (κ1) is 45.7. The molecule has 66 heavy (non-hydrogen) atoms. The smallest absolute Gasteiger partial charge is 0.326 e. The number of anilines is 2. The van der Waals surface area contributed by atoms with E-state index in [0.29, 0.717) is 49.3 Å². The molecule has 0 bridgehead atoms. The zero-order valence-corrected chi connectivity index (χ0v) is 38.1. The third-order valence-corrected chi connectivity index (χ3v) is 15.2. The number of thiazole rings is 1. The van der Waals surface area contributed by atoms with Crippen molar-refractivity contribution in [3.8, 4) is 28.7 Å². The summed E-state index contributed by atoms with van der Waals surface area (Å²) in [6.07, 6.45) is -1.39. The Labute approximate surface area is 393 Å². The van der Waals surface area contributed by atoms with Crippen molar-refractivity contribution in [3.63, 3.8) is 0 Å². The number of halogens is 2. The normalized spacial score (nSPS) is 16.1. The molecule has 15 nitrogen and oxygen atoms in total. The first-order valence-electron chi connectivity index (χ1n) is 20.3. The first-order valence-corrected chi connectivity index (χ1v) is 23.3. The van der Waals surface area contributed by atoms with Crippen LogP contribution in [0.15, 0.2) is 107 Å². The van der Waals surface area contributed by atoms with Crippen molar-refractivity contribution in [1.82, 2.24) is 14.6 Å². The molecule has 3 atom stereocenters. The number of aromatic nitrogens is 1. The molecule has 336 valence electrons. The molecule has 0 saturated carbocycles. The van der Waals surface area contributed by atoms with E-state index in [1.165, 1.54) is 13.8 Å². The fraction of sp³-hybridized carbons (Fsp3) is 0.191. The summed E-state index contributed by atoms with van der Waals surface area (Å²) in [5.41, 5.74) is 5.51. The van der Waals surface area contributed by atoms with Crippen molar-refractivity contribution in [2.75, 3.05) is 10.6 Å². The number of aryl methyl sites for hydroxylation is 1. The van der Waals surface area contributed by atoms with Crippen molar-refractivity contribution in [1.29, 1.82) is 5.26 Å². The number of hydrogen-bond donors (Lipinski definition) is 4. The van der Waals surface area contributed by atoms with Crippen LogP contribution >= 0.6 is 34.5 Å². The first-order chi connectivity index (χ1) is 31.6. The predicted octanol–water partition coefficient (Wildman–Crippen LogP) is 7.83. The molecule has 0 aliphatic carbocycles. The molecule has 1 aromatic heterocycles. The molecule has 3 amide bonds. The maximum atomic E-state index is 14.6. The van der Waals surface area contributed by atoms with Gasteiger partial charge in [-0.3, -0.25) is 14.4 Å². The number of sulfonamides is 1. The van der Waals surface area contributed by atoms with E-state index in [2.05, 4.69) is 27.0 Å². The molecule has 2 aliphatic heterocycles. The summed E-state index contributed by atoms with van der Waals surface area (Å²) in [4.78, 5) is 56.6. The van der Waals surface area contributed by atoms with E-state index < -0.39 is 51.9 Å². The summed E-state index contributed by atoms with van der Waals surface area (Å²) >= 11 is 12.9. The number of aliphatic carboxylic acids is 1. The summed E-state index contributed by atoms with van der Waals surface area (Å²) in [6.45, 7) is 2.62. The average molecular weight is 966 g/mol. The van der Waals surface area contributed by atoms with Gasteiger partial charge in [0.2, 0.25) is 17.9 Å². The van der Waals surface area contributed by atoms with Gasteiger partial charge in [-0.05, 0) is 95.3 Å². The van der Waals surface area contributed by atoms with Crippen LogP contribution in [0.4, 0.5) is 10.8 Å². The van der Waals surface area contributed by atoms with Gasteiger partial charge in [0.05, 0.1) is 33.1 Å². The Morgan fingerprint density at radius 1 is 0.970 bits per heavy atom. The number of carboxylic acids is 1. The number of ether oxygens (including phenoxy) is 2. The van der Waals surface area contributed by atoms with Crippen molar-refractivity contribution in [3.05, 3.63) is 152 Å². The molecule has 1 unspecified atom stereocenters. The molecule has 8 rings (SSSR count). The number of fused-ring (bicyclic) bond motifs is 2. The number of hydrogen-bond acceptors (Lipinski definition) is 11. The number of rotatable bonds is 13. The molecule has 0 saturated heterocycles. The highest BCUT2D eigenvalue weighted by Gasteiger charge is 2.43. The number of nitrogens with one attached hydrogen (secondary N) is 3. The maximum Gasteiger partial charge on any atom is 0.326 e. The Bertz CT molecular complexity index is 3050. The largest absolute Gasteiger partial charge is 0.489 e. The van der Waals surface area contributed by atoms with Gasteiger partial charge in [0, 0.05) is 25.5 Å². The Kier molecular flexibility index (Phi) is 13.1. The molecule has 0 spiro atoms. The second-order valence-corrected chi connectivity index (χ2v) is 19.4. The lowest BCUT2D eigenvalue weighted by Gasteiger charge is -2.36. The Balaban J connectivity index is 1.04. The zero-order valence-electron chi connectivity index (χ0n) is 35.0. The number of amides is 3. The minimum absolute atomic E-state index is 0.0449. The average Bonchev–Trinajstić information content (AvgIpc) is 3.67. The monoisotopic (exact) mass is 964 g/mol. The van der Waals surface area contributed by atoms with E-state index in [1.54, 1.807) is 103 Å². The molecular weight excluding hydrogens is 928 g/mol. The second kappa shape index (κ2) is 19.0. The summed E-state index contributed by atoms with van der Waals surface area (Å²) in [7, 11) is -4.53. The van der Waals surface area contributed by atoms with Crippen LogP contribution in [0.3, 0.4) is 0 Å². The van der Waals surface area contributed by atoms with Crippen LogP contribution in [0.5, 0.6) is 11.5 Å². The van der Waals surface area contributed by atoms with Gasteiger partial charge in [-0.25, -0.2) is 18.2 Å². The van der Waals surface area contributed by atoms with E-state index in [4.69, 9.17) is 37.9 Å².